The standard InChI is InChI=1S/C18H16BrF5N6/c1-9-2-3-29(16-12(19)4-10(6-25-16)18(22,23)24)7-11(9)14-5-13(15(20)21)28-17-26-8-27-30(14)17/h4-6,8-9,11,15H,2-3,7H2,1H3/t9-,11-/m1/s1. The lowest BCUT2D eigenvalue weighted by Gasteiger charge is -2.38. The molecule has 1 aliphatic rings. The predicted molar refractivity (Wildman–Crippen MR) is 101 cm³/mol. The molecule has 0 spiro atoms. The van der Waals surface area contributed by atoms with Crippen LogP contribution in [-0.4, -0.2) is 37.7 Å². The van der Waals surface area contributed by atoms with E-state index >= 15 is 0 Å². The Labute approximate surface area is 176 Å². The van der Waals surface area contributed by atoms with Crippen LogP contribution in [0.2, 0.25) is 0 Å². The highest BCUT2D eigenvalue weighted by molar-refractivity contribution is 9.10. The molecule has 4 heterocycles. The molecule has 160 valence electrons. The fourth-order valence-corrected chi connectivity index (χ4v) is 4.30. The van der Waals surface area contributed by atoms with Crippen LogP contribution in [-0.2, 0) is 6.18 Å². The summed E-state index contributed by atoms with van der Waals surface area (Å²) in [5.74, 6) is 0.355. The van der Waals surface area contributed by atoms with E-state index < -0.39 is 18.2 Å². The van der Waals surface area contributed by atoms with Crippen LogP contribution >= 0.6 is 15.9 Å². The molecule has 0 saturated carbocycles. The number of pyridine rings is 1. The fraction of sp³-hybridized carbons (Fsp3) is 0.444. The summed E-state index contributed by atoms with van der Waals surface area (Å²) in [4.78, 5) is 13.6. The van der Waals surface area contributed by atoms with Gasteiger partial charge in [-0.3, -0.25) is 0 Å². The highest BCUT2D eigenvalue weighted by atomic mass is 79.9. The van der Waals surface area contributed by atoms with E-state index in [0.717, 1.165) is 12.3 Å². The molecule has 2 atom stereocenters. The van der Waals surface area contributed by atoms with Crippen LogP contribution < -0.4 is 4.90 Å². The minimum absolute atomic E-state index is 0.0842. The summed E-state index contributed by atoms with van der Waals surface area (Å²) in [6.07, 6.45) is -4.51. The minimum Gasteiger partial charge on any atom is -0.355 e. The van der Waals surface area contributed by atoms with Crippen LogP contribution in [0.25, 0.3) is 5.78 Å². The van der Waals surface area contributed by atoms with Crippen LogP contribution in [0.5, 0.6) is 0 Å². The first-order valence-electron chi connectivity index (χ1n) is 9.11. The third-order valence-corrected chi connectivity index (χ3v) is 5.89. The van der Waals surface area contributed by atoms with Crippen LogP contribution in [0, 0.1) is 5.92 Å². The molecule has 0 radical (unpaired) electrons. The average Bonchev–Trinajstić information content (AvgIpc) is 3.16. The third kappa shape index (κ3) is 3.84. The number of aromatic nitrogens is 5. The van der Waals surface area contributed by atoms with Crippen molar-refractivity contribution in [1.82, 2.24) is 24.6 Å². The Kier molecular flexibility index (Phi) is 5.37. The number of piperidine rings is 1. The molecule has 3 aromatic rings. The van der Waals surface area contributed by atoms with Gasteiger partial charge < -0.3 is 4.90 Å². The fourth-order valence-electron chi connectivity index (χ4n) is 3.70. The SMILES string of the molecule is C[C@@H]1CCN(c2ncc(C(F)(F)F)cc2Br)C[C@H]1c1cc(C(F)F)nc2ncnn12. The number of hydrogen-bond acceptors (Lipinski definition) is 5. The van der Waals surface area contributed by atoms with Gasteiger partial charge in [-0.05, 0) is 40.4 Å². The molecule has 6 nitrogen and oxygen atoms in total. The molecule has 0 N–H and O–H groups in total. The third-order valence-electron chi connectivity index (χ3n) is 5.31. The number of nitrogens with zero attached hydrogens (tertiary/aromatic N) is 6. The first-order valence-corrected chi connectivity index (χ1v) is 9.91. The van der Waals surface area contributed by atoms with Gasteiger partial charge in [-0.25, -0.2) is 23.3 Å². The highest BCUT2D eigenvalue weighted by Gasteiger charge is 2.34. The minimum atomic E-state index is -4.49. The molecule has 1 fully saturated rings. The van der Waals surface area contributed by atoms with Crippen molar-refractivity contribution < 1.29 is 22.0 Å². The van der Waals surface area contributed by atoms with Gasteiger partial charge in [0.1, 0.15) is 17.8 Å². The van der Waals surface area contributed by atoms with Crippen LogP contribution in [0.1, 0.15) is 42.6 Å². The summed E-state index contributed by atoms with van der Waals surface area (Å²) in [7, 11) is 0. The summed E-state index contributed by atoms with van der Waals surface area (Å²) < 4.78 is 67.1. The first kappa shape index (κ1) is 20.9. The Bertz CT molecular complexity index is 1070. The second-order valence-electron chi connectivity index (χ2n) is 7.22. The number of hydrogen-bond donors (Lipinski definition) is 0. The molecule has 1 saturated heterocycles. The zero-order chi connectivity index (χ0) is 21.6. The summed E-state index contributed by atoms with van der Waals surface area (Å²) in [6, 6.07) is 2.32. The summed E-state index contributed by atoms with van der Waals surface area (Å²) in [6.45, 7) is 2.95. The Hall–Kier alpha value is -2.37. The number of fused-ring (bicyclic) bond motifs is 1. The molecule has 3 aromatic heterocycles. The van der Waals surface area contributed by atoms with Crippen LogP contribution in [0.4, 0.5) is 27.8 Å². The normalized spacial score (nSPS) is 20.3. The predicted octanol–water partition coefficient (Wildman–Crippen LogP) is 4.87. The Morgan fingerprint density at radius 3 is 2.63 bits per heavy atom. The molecule has 0 bridgehead atoms. The van der Waals surface area contributed by atoms with E-state index in [1.54, 1.807) is 0 Å². The molecule has 0 unspecified atom stereocenters. The van der Waals surface area contributed by atoms with Gasteiger partial charge in [0.25, 0.3) is 12.2 Å². The lowest BCUT2D eigenvalue weighted by atomic mass is 9.84. The smallest absolute Gasteiger partial charge is 0.355 e. The largest absolute Gasteiger partial charge is 0.417 e. The Morgan fingerprint density at radius 2 is 1.97 bits per heavy atom. The summed E-state index contributed by atoms with van der Waals surface area (Å²) in [5.41, 5.74) is -0.697. The maximum Gasteiger partial charge on any atom is 0.417 e. The second-order valence-corrected chi connectivity index (χ2v) is 8.08. The molecule has 30 heavy (non-hydrogen) atoms. The van der Waals surface area contributed by atoms with E-state index in [1.807, 2.05) is 11.8 Å². The van der Waals surface area contributed by atoms with Crippen molar-refractivity contribution in [3.8, 4) is 0 Å². The highest BCUT2D eigenvalue weighted by Crippen LogP contribution is 2.38. The van der Waals surface area contributed by atoms with Crippen molar-refractivity contribution >= 4 is 27.5 Å². The van der Waals surface area contributed by atoms with Crippen molar-refractivity contribution in [2.75, 3.05) is 18.0 Å². The van der Waals surface area contributed by atoms with Gasteiger partial charge in [0.2, 0.25) is 0 Å². The summed E-state index contributed by atoms with van der Waals surface area (Å²) in [5, 5.41) is 4.11. The molecule has 0 amide bonds. The van der Waals surface area contributed by atoms with E-state index in [-0.39, 0.29) is 27.8 Å². The quantitative estimate of drug-likeness (QED) is 0.490. The van der Waals surface area contributed by atoms with Gasteiger partial charge in [-0.2, -0.15) is 23.3 Å². The number of anilines is 1. The Morgan fingerprint density at radius 1 is 1.20 bits per heavy atom. The molecule has 1 aliphatic heterocycles. The van der Waals surface area contributed by atoms with Crippen molar-refractivity contribution in [1.29, 1.82) is 0 Å². The van der Waals surface area contributed by atoms with Crippen LogP contribution in [0.3, 0.4) is 0 Å². The van der Waals surface area contributed by atoms with E-state index in [1.165, 1.54) is 16.9 Å². The lowest BCUT2D eigenvalue weighted by Crippen LogP contribution is -2.40. The van der Waals surface area contributed by atoms with Gasteiger partial charge >= 0.3 is 6.18 Å². The molecule has 0 aromatic carbocycles. The zero-order valence-electron chi connectivity index (χ0n) is 15.6. The topological polar surface area (TPSA) is 59.2 Å². The molecule has 0 aliphatic carbocycles. The number of halogens is 6. The van der Waals surface area contributed by atoms with Gasteiger partial charge in [0.05, 0.1) is 15.7 Å². The average molecular weight is 491 g/mol. The first-order chi connectivity index (χ1) is 14.1. The number of rotatable bonds is 3. The molecular formula is C18H16BrF5N6. The molecular weight excluding hydrogens is 475 g/mol. The van der Waals surface area contributed by atoms with Gasteiger partial charge in [-0.15, -0.1) is 0 Å². The van der Waals surface area contributed by atoms with Crippen LogP contribution in [0.15, 0.2) is 29.1 Å². The van der Waals surface area contributed by atoms with E-state index in [2.05, 4.69) is 36.0 Å². The van der Waals surface area contributed by atoms with E-state index in [4.69, 9.17) is 0 Å². The lowest BCUT2D eigenvalue weighted by molar-refractivity contribution is -0.137. The van der Waals surface area contributed by atoms with Crippen molar-refractivity contribution in [3.63, 3.8) is 0 Å². The maximum absolute atomic E-state index is 13.3. The van der Waals surface area contributed by atoms with Gasteiger partial charge in [0, 0.05) is 25.2 Å². The molecule has 12 heteroatoms. The van der Waals surface area contributed by atoms with E-state index in [0.29, 0.717) is 31.0 Å². The van der Waals surface area contributed by atoms with Gasteiger partial charge in [-0.1, -0.05) is 6.92 Å². The zero-order valence-corrected chi connectivity index (χ0v) is 17.2. The maximum atomic E-state index is 13.3. The molecule has 4 rings (SSSR count). The van der Waals surface area contributed by atoms with Gasteiger partial charge in [0.15, 0.2) is 0 Å². The Balaban J connectivity index is 1.70. The monoisotopic (exact) mass is 490 g/mol. The van der Waals surface area contributed by atoms with Crippen molar-refractivity contribution in [3.05, 3.63) is 46.1 Å². The number of alkyl halides is 5. The summed E-state index contributed by atoms with van der Waals surface area (Å²) >= 11 is 3.19. The second kappa shape index (κ2) is 7.71. The van der Waals surface area contributed by atoms with Crippen molar-refractivity contribution in [2.24, 2.45) is 5.92 Å². The van der Waals surface area contributed by atoms with Crippen molar-refractivity contribution in [2.45, 2.75) is 31.9 Å². The van der Waals surface area contributed by atoms with E-state index in [9.17, 15) is 22.0 Å².